The van der Waals surface area contributed by atoms with E-state index in [2.05, 4.69) is 10.2 Å². The topological polar surface area (TPSA) is 38.9 Å². The Morgan fingerprint density at radius 2 is 1.76 bits per heavy atom. The molecule has 0 spiro atoms. The lowest BCUT2D eigenvalue weighted by atomic mass is 10.2. The maximum absolute atomic E-state index is 13.5. The van der Waals surface area contributed by atoms with E-state index in [1.165, 1.54) is 12.1 Å². The quantitative estimate of drug-likeness (QED) is 0.673. The maximum atomic E-state index is 13.5. The number of thioether (sulfide) groups is 1. The van der Waals surface area contributed by atoms with Crippen LogP contribution in [0.3, 0.4) is 0 Å². The molecule has 0 saturated carbocycles. The Balaban J connectivity index is 1.72. The molecule has 3 rings (SSSR count). The van der Waals surface area contributed by atoms with Gasteiger partial charge in [0.15, 0.2) is 11.6 Å². The van der Waals surface area contributed by atoms with Gasteiger partial charge in [-0.05, 0) is 18.2 Å². The number of benzene rings is 2. The molecule has 2 aromatic carbocycles. The molecule has 0 saturated heterocycles. The summed E-state index contributed by atoms with van der Waals surface area (Å²) >= 11 is 1.16. The van der Waals surface area contributed by atoms with Gasteiger partial charge in [-0.2, -0.15) is 0 Å². The second kappa shape index (κ2) is 6.05. The Bertz CT molecular complexity index is 746. The lowest BCUT2D eigenvalue weighted by Gasteiger charge is -2.01. The highest BCUT2D eigenvalue weighted by molar-refractivity contribution is 7.98. The number of aromatic nitrogens is 2. The predicted molar refractivity (Wildman–Crippen MR) is 75.7 cm³/mol. The number of hydrogen-bond acceptors (Lipinski definition) is 4. The van der Waals surface area contributed by atoms with Crippen molar-refractivity contribution in [2.24, 2.45) is 0 Å². The van der Waals surface area contributed by atoms with E-state index < -0.39 is 11.6 Å². The van der Waals surface area contributed by atoms with E-state index >= 15 is 0 Å². The Morgan fingerprint density at radius 1 is 0.952 bits per heavy atom. The van der Waals surface area contributed by atoms with Gasteiger partial charge in [0.05, 0.1) is 0 Å². The fourth-order valence-electron chi connectivity index (χ4n) is 1.76. The number of hydrogen-bond donors (Lipinski definition) is 0. The van der Waals surface area contributed by atoms with Gasteiger partial charge >= 0.3 is 0 Å². The average molecular weight is 304 g/mol. The van der Waals surface area contributed by atoms with Gasteiger partial charge in [-0.25, -0.2) is 8.78 Å². The van der Waals surface area contributed by atoms with Crippen molar-refractivity contribution in [2.75, 3.05) is 0 Å². The van der Waals surface area contributed by atoms with Crippen molar-refractivity contribution in [2.45, 2.75) is 11.0 Å². The first-order valence-corrected chi connectivity index (χ1v) is 7.17. The Morgan fingerprint density at radius 3 is 2.57 bits per heavy atom. The van der Waals surface area contributed by atoms with Crippen LogP contribution in [0.2, 0.25) is 0 Å². The van der Waals surface area contributed by atoms with Crippen LogP contribution in [0.5, 0.6) is 0 Å². The van der Waals surface area contributed by atoms with Crippen LogP contribution in [0.15, 0.2) is 58.2 Å². The molecule has 3 nitrogen and oxygen atoms in total. The molecule has 0 aliphatic carbocycles. The van der Waals surface area contributed by atoms with Gasteiger partial charge < -0.3 is 4.42 Å². The minimum atomic E-state index is -0.858. The molecule has 0 aliphatic rings. The Labute approximate surface area is 124 Å². The molecule has 1 heterocycles. The Kier molecular flexibility index (Phi) is 3.96. The van der Waals surface area contributed by atoms with Crippen LogP contribution in [0.1, 0.15) is 5.56 Å². The van der Waals surface area contributed by atoms with E-state index in [4.69, 9.17) is 4.42 Å². The van der Waals surface area contributed by atoms with Crippen molar-refractivity contribution in [3.63, 3.8) is 0 Å². The molecule has 0 atom stereocenters. The summed E-state index contributed by atoms with van der Waals surface area (Å²) < 4.78 is 32.1. The van der Waals surface area contributed by atoms with Crippen molar-refractivity contribution < 1.29 is 13.2 Å². The molecule has 0 aliphatic heterocycles. The summed E-state index contributed by atoms with van der Waals surface area (Å²) in [5.74, 6) is -1.07. The third kappa shape index (κ3) is 3.11. The van der Waals surface area contributed by atoms with Gasteiger partial charge in [-0.15, -0.1) is 10.2 Å². The molecule has 3 aromatic rings. The first-order valence-electron chi connectivity index (χ1n) is 6.18. The van der Waals surface area contributed by atoms with E-state index in [0.29, 0.717) is 11.1 Å². The Hall–Kier alpha value is -2.21. The molecule has 0 bridgehead atoms. The van der Waals surface area contributed by atoms with Crippen LogP contribution in [0.4, 0.5) is 8.78 Å². The summed E-state index contributed by atoms with van der Waals surface area (Å²) in [6.07, 6.45) is 0. The monoisotopic (exact) mass is 304 g/mol. The van der Waals surface area contributed by atoms with E-state index in [-0.39, 0.29) is 11.3 Å². The number of rotatable bonds is 4. The molecule has 0 radical (unpaired) electrons. The second-order valence-electron chi connectivity index (χ2n) is 4.24. The molecule has 106 valence electrons. The first-order chi connectivity index (χ1) is 10.2. The van der Waals surface area contributed by atoms with Crippen molar-refractivity contribution in [3.8, 4) is 11.5 Å². The molecule has 6 heteroatoms. The second-order valence-corrected chi connectivity index (χ2v) is 5.17. The van der Waals surface area contributed by atoms with Crippen LogP contribution >= 0.6 is 11.8 Å². The highest BCUT2D eigenvalue weighted by atomic mass is 32.2. The predicted octanol–water partition coefficient (Wildman–Crippen LogP) is 4.31. The van der Waals surface area contributed by atoms with Crippen LogP contribution < -0.4 is 0 Å². The van der Waals surface area contributed by atoms with Gasteiger partial charge in [-0.3, -0.25) is 0 Å². The molecule has 0 N–H and O–H groups in total. The van der Waals surface area contributed by atoms with E-state index in [1.807, 2.05) is 30.3 Å². The number of halogens is 2. The zero-order valence-corrected chi connectivity index (χ0v) is 11.6. The smallest absolute Gasteiger partial charge is 0.277 e. The largest absolute Gasteiger partial charge is 0.411 e. The van der Waals surface area contributed by atoms with Crippen LogP contribution in [-0.4, -0.2) is 10.2 Å². The van der Waals surface area contributed by atoms with Crippen molar-refractivity contribution >= 4 is 11.8 Å². The minimum Gasteiger partial charge on any atom is -0.411 e. The lowest BCUT2D eigenvalue weighted by Crippen LogP contribution is -1.91. The molecular formula is C15H10F2N2OS. The van der Waals surface area contributed by atoms with Gasteiger partial charge in [-0.1, -0.05) is 42.1 Å². The zero-order chi connectivity index (χ0) is 14.7. The lowest BCUT2D eigenvalue weighted by molar-refractivity contribution is 0.465. The zero-order valence-electron chi connectivity index (χ0n) is 10.8. The summed E-state index contributed by atoms with van der Waals surface area (Å²) in [5, 5.41) is 8.14. The minimum absolute atomic E-state index is 0.222. The van der Waals surface area contributed by atoms with E-state index in [0.717, 1.165) is 23.4 Å². The summed E-state index contributed by atoms with van der Waals surface area (Å²) in [6, 6.07) is 13.4. The first kappa shape index (κ1) is 13.8. The van der Waals surface area contributed by atoms with Gasteiger partial charge in [0.2, 0.25) is 5.89 Å². The van der Waals surface area contributed by atoms with E-state index in [1.54, 1.807) is 0 Å². The average Bonchev–Trinajstić information content (AvgIpc) is 2.99. The van der Waals surface area contributed by atoms with Crippen molar-refractivity contribution in [1.82, 2.24) is 10.2 Å². The van der Waals surface area contributed by atoms with Crippen molar-refractivity contribution in [1.29, 1.82) is 0 Å². The summed E-state index contributed by atoms with van der Waals surface area (Å²) in [4.78, 5) is 0. The highest BCUT2D eigenvalue weighted by Crippen LogP contribution is 2.26. The highest BCUT2D eigenvalue weighted by Gasteiger charge is 2.12. The standard InChI is InChI=1S/C15H10F2N2OS/c16-12-8-4-7-11(13(12)17)9-21-15-19-18-14(20-15)10-5-2-1-3-6-10/h1-8H,9H2. The van der Waals surface area contributed by atoms with Crippen LogP contribution in [0.25, 0.3) is 11.5 Å². The molecule has 0 fully saturated rings. The fourth-order valence-corrected chi connectivity index (χ4v) is 2.50. The third-order valence-electron chi connectivity index (χ3n) is 2.81. The SMILES string of the molecule is Fc1cccc(CSc2nnc(-c3ccccc3)o2)c1F. The molecule has 1 aromatic heterocycles. The van der Waals surface area contributed by atoms with Gasteiger partial charge in [0.1, 0.15) is 0 Å². The third-order valence-corrected chi connectivity index (χ3v) is 3.68. The number of nitrogens with zero attached hydrogens (tertiary/aromatic N) is 2. The van der Waals surface area contributed by atoms with Crippen molar-refractivity contribution in [3.05, 3.63) is 65.7 Å². The fraction of sp³-hybridized carbons (Fsp3) is 0.0667. The van der Waals surface area contributed by atoms with Crippen LogP contribution in [0, 0.1) is 11.6 Å². The maximum Gasteiger partial charge on any atom is 0.277 e. The van der Waals surface area contributed by atoms with Crippen LogP contribution in [-0.2, 0) is 5.75 Å². The van der Waals surface area contributed by atoms with E-state index in [9.17, 15) is 8.78 Å². The van der Waals surface area contributed by atoms with Gasteiger partial charge in [0.25, 0.3) is 5.22 Å². The van der Waals surface area contributed by atoms with Gasteiger partial charge in [0, 0.05) is 16.9 Å². The summed E-state index contributed by atoms with van der Waals surface area (Å²) in [6.45, 7) is 0. The molecular weight excluding hydrogens is 294 g/mol. The summed E-state index contributed by atoms with van der Waals surface area (Å²) in [7, 11) is 0. The molecule has 0 unspecified atom stereocenters. The molecule has 0 amide bonds. The molecule has 21 heavy (non-hydrogen) atoms. The summed E-state index contributed by atoms with van der Waals surface area (Å²) in [5.41, 5.74) is 1.08. The normalized spacial score (nSPS) is 10.8.